The average Bonchev–Trinajstić information content (AvgIpc) is 3.02. The summed E-state index contributed by atoms with van der Waals surface area (Å²) in [6.07, 6.45) is 5.72. The zero-order valence-corrected chi connectivity index (χ0v) is 9.56. The van der Waals surface area contributed by atoms with Gasteiger partial charge in [-0.1, -0.05) is 0 Å². The number of rotatable bonds is 3. The van der Waals surface area contributed by atoms with Crippen molar-refractivity contribution in [2.75, 3.05) is 13.1 Å². The third kappa shape index (κ3) is 2.34. The van der Waals surface area contributed by atoms with Gasteiger partial charge >= 0.3 is 0 Å². The van der Waals surface area contributed by atoms with Crippen molar-refractivity contribution in [1.82, 2.24) is 25.5 Å². The van der Waals surface area contributed by atoms with E-state index in [1.165, 1.54) is 6.42 Å². The largest absolute Gasteiger partial charge is 0.316 e. The zero-order chi connectivity index (χ0) is 11.5. The van der Waals surface area contributed by atoms with Gasteiger partial charge in [0.05, 0.1) is 0 Å². The second-order valence-electron chi connectivity index (χ2n) is 4.40. The number of H-pyrrole nitrogens is 1. The molecule has 0 radical (unpaired) electrons. The molecule has 1 aliphatic rings. The number of aromatic nitrogens is 4. The summed E-state index contributed by atoms with van der Waals surface area (Å²) in [4.78, 5) is 8.51. The molecule has 1 saturated heterocycles. The standard InChI is InChI=1S/C12H15N5/c1-4-14-8-9(1)7-11-15-12(17-16-11)10-2-5-13-6-3-10/h2-3,5-6,9,14H,1,4,7-8H2,(H,15,16,17)/t9-/m0/s1. The van der Waals surface area contributed by atoms with Crippen LogP contribution in [0.3, 0.4) is 0 Å². The van der Waals surface area contributed by atoms with Crippen LogP contribution in [0.5, 0.6) is 0 Å². The third-order valence-electron chi connectivity index (χ3n) is 3.11. The van der Waals surface area contributed by atoms with E-state index >= 15 is 0 Å². The van der Waals surface area contributed by atoms with Gasteiger partial charge in [-0.2, -0.15) is 5.10 Å². The molecule has 0 unspecified atom stereocenters. The van der Waals surface area contributed by atoms with E-state index in [0.717, 1.165) is 36.7 Å². The number of hydrogen-bond acceptors (Lipinski definition) is 4. The summed E-state index contributed by atoms with van der Waals surface area (Å²) >= 11 is 0. The lowest BCUT2D eigenvalue weighted by Crippen LogP contribution is -2.11. The zero-order valence-electron chi connectivity index (χ0n) is 9.56. The van der Waals surface area contributed by atoms with E-state index in [-0.39, 0.29) is 0 Å². The van der Waals surface area contributed by atoms with Gasteiger partial charge in [0.1, 0.15) is 5.82 Å². The quantitative estimate of drug-likeness (QED) is 0.824. The highest BCUT2D eigenvalue weighted by Gasteiger charge is 2.17. The second kappa shape index (κ2) is 4.63. The van der Waals surface area contributed by atoms with Crippen molar-refractivity contribution in [2.24, 2.45) is 5.92 Å². The molecule has 1 aliphatic heterocycles. The third-order valence-corrected chi connectivity index (χ3v) is 3.11. The van der Waals surface area contributed by atoms with Gasteiger partial charge in [-0.3, -0.25) is 10.1 Å². The van der Waals surface area contributed by atoms with Crippen molar-refractivity contribution >= 4 is 0 Å². The molecule has 0 amide bonds. The lowest BCUT2D eigenvalue weighted by atomic mass is 10.1. The van der Waals surface area contributed by atoms with Crippen molar-refractivity contribution in [1.29, 1.82) is 0 Å². The summed E-state index contributed by atoms with van der Waals surface area (Å²) in [7, 11) is 0. The number of hydrogen-bond donors (Lipinski definition) is 2. The van der Waals surface area contributed by atoms with Gasteiger partial charge in [-0.25, -0.2) is 4.98 Å². The molecule has 1 fully saturated rings. The SMILES string of the molecule is c1cc(-c2n[nH]c(C[C@@H]3CCNC3)n2)ccn1. The summed E-state index contributed by atoms with van der Waals surface area (Å²) in [6.45, 7) is 2.21. The molecular formula is C12H15N5. The lowest BCUT2D eigenvalue weighted by Gasteiger charge is -2.03. The Morgan fingerprint density at radius 1 is 1.29 bits per heavy atom. The van der Waals surface area contributed by atoms with E-state index in [1.54, 1.807) is 12.4 Å². The Kier molecular flexibility index (Phi) is 2.83. The normalized spacial score (nSPS) is 19.6. The maximum Gasteiger partial charge on any atom is 0.181 e. The van der Waals surface area contributed by atoms with Crippen molar-refractivity contribution in [3.63, 3.8) is 0 Å². The van der Waals surface area contributed by atoms with Crippen LogP contribution in [-0.2, 0) is 6.42 Å². The Hall–Kier alpha value is -1.75. The molecule has 3 rings (SSSR count). The van der Waals surface area contributed by atoms with E-state index < -0.39 is 0 Å². The van der Waals surface area contributed by atoms with E-state index in [2.05, 4.69) is 25.5 Å². The summed E-state index contributed by atoms with van der Waals surface area (Å²) in [6, 6.07) is 3.84. The maximum absolute atomic E-state index is 4.52. The first kappa shape index (κ1) is 10.4. The molecule has 2 aromatic rings. The van der Waals surface area contributed by atoms with Crippen LogP contribution < -0.4 is 5.32 Å². The summed E-state index contributed by atoms with van der Waals surface area (Å²) in [5.74, 6) is 2.42. The fourth-order valence-electron chi connectivity index (χ4n) is 2.18. The van der Waals surface area contributed by atoms with Gasteiger partial charge in [-0.05, 0) is 37.6 Å². The molecule has 5 nitrogen and oxygen atoms in total. The molecule has 0 bridgehead atoms. The van der Waals surface area contributed by atoms with Crippen molar-refractivity contribution < 1.29 is 0 Å². The second-order valence-corrected chi connectivity index (χ2v) is 4.40. The fraction of sp³-hybridized carbons (Fsp3) is 0.417. The molecule has 2 N–H and O–H groups in total. The molecule has 1 atom stereocenters. The highest BCUT2D eigenvalue weighted by atomic mass is 15.2. The first-order valence-corrected chi connectivity index (χ1v) is 5.94. The van der Waals surface area contributed by atoms with Crippen LogP contribution in [0.1, 0.15) is 12.2 Å². The Labute approximate surface area is 99.7 Å². The smallest absolute Gasteiger partial charge is 0.181 e. The first-order valence-electron chi connectivity index (χ1n) is 5.94. The van der Waals surface area contributed by atoms with Gasteiger partial charge in [0, 0.05) is 24.4 Å². The van der Waals surface area contributed by atoms with E-state index in [1.807, 2.05) is 12.1 Å². The topological polar surface area (TPSA) is 66.5 Å². The highest BCUT2D eigenvalue weighted by molar-refractivity contribution is 5.52. The van der Waals surface area contributed by atoms with Crippen LogP contribution in [0.15, 0.2) is 24.5 Å². The Morgan fingerprint density at radius 3 is 2.94 bits per heavy atom. The Balaban J connectivity index is 1.74. The monoisotopic (exact) mass is 229 g/mol. The van der Waals surface area contributed by atoms with Gasteiger partial charge in [0.2, 0.25) is 0 Å². The minimum atomic E-state index is 0.688. The molecule has 5 heteroatoms. The molecule has 0 spiro atoms. The van der Waals surface area contributed by atoms with Crippen LogP contribution >= 0.6 is 0 Å². The maximum atomic E-state index is 4.52. The molecule has 2 aromatic heterocycles. The van der Waals surface area contributed by atoms with Gasteiger partial charge in [0.15, 0.2) is 5.82 Å². The van der Waals surface area contributed by atoms with E-state index in [9.17, 15) is 0 Å². The summed E-state index contributed by atoms with van der Waals surface area (Å²) in [5.41, 5.74) is 1.01. The fourth-order valence-corrected chi connectivity index (χ4v) is 2.18. The van der Waals surface area contributed by atoms with Gasteiger partial charge in [0.25, 0.3) is 0 Å². The number of aromatic amines is 1. The Morgan fingerprint density at radius 2 is 2.18 bits per heavy atom. The van der Waals surface area contributed by atoms with Crippen LogP contribution in [0.25, 0.3) is 11.4 Å². The number of pyridine rings is 1. The van der Waals surface area contributed by atoms with E-state index in [0.29, 0.717) is 5.92 Å². The molecule has 17 heavy (non-hydrogen) atoms. The van der Waals surface area contributed by atoms with Crippen molar-refractivity contribution in [3.05, 3.63) is 30.4 Å². The predicted octanol–water partition coefficient (Wildman–Crippen LogP) is 1.02. The van der Waals surface area contributed by atoms with Crippen LogP contribution in [0, 0.1) is 5.92 Å². The number of nitrogens with zero attached hydrogens (tertiary/aromatic N) is 3. The number of nitrogens with one attached hydrogen (secondary N) is 2. The van der Waals surface area contributed by atoms with Crippen LogP contribution in [0.2, 0.25) is 0 Å². The van der Waals surface area contributed by atoms with Crippen LogP contribution in [0.4, 0.5) is 0 Å². The van der Waals surface area contributed by atoms with Crippen molar-refractivity contribution in [3.8, 4) is 11.4 Å². The predicted molar refractivity (Wildman–Crippen MR) is 64.3 cm³/mol. The summed E-state index contributed by atoms with van der Waals surface area (Å²) < 4.78 is 0. The van der Waals surface area contributed by atoms with Gasteiger partial charge < -0.3 is 5.32 Å². The van der Waals surface area contributed by atoms with Crippen molar-refractivity contribution in [2.45, 2.75) is 12.8 Å². The molecule has 0 aliphatic carbocycles. The molecule has 3 heterocycles. The van der Waals surface area contributed by atoms with Crippen LogP contribution in [-0.4, -0.2) is 33.3 Å². The minimum Gasteiger partial charge on any atom is -0.316 e. The van der Waals surface area contributed by atoms with E-state index in [4.69, 9.17) is 0 Å². The molecule has 0 aromatic carbocycles. The first-order chi connectivity index (χ1) is 8.42. The minimum absolute atomic E-state index is 0.688. The average molecular weight is 229 g/mol. The highest BCUT2D eigenvalue weighted by Crippen LogP contribution is 2.16. The lowest BCUT2D eigenvalue weighted by molar-refractivity contribution is 0.563. The van der Waals surface area contributed by atoms with Gasteiger partial charge in [-0.15, -0.1) is 0 Å². The molecule has 0 saturated carbocycles. The molecule has 88 valence electrons. The Bertz CT molecular complexity index is 473. The summed E-state index contributed by atoms with van der Waals surface area (Å²) in [5, 5.41) is 10.6. The molecular weight excluding hydrogens is 214 g/mol.